The van der Waals surface area contributed by atoms with Crippen molar-refractivity contribution in [3.63, 3.8) is 0 Å². The van der Waals surface area contributed by atoms with Crippen LogP contribution in [0.3, 0.4) is 0 Å². The monoisotopic (exact) mass is 269 g/mol. The van der Waals surface area contributed by atoms with E-state index in [1.54, 1.807) is 0 Å². The van der Waals surface area contributed by atoms with Crippen molar-refractivity contribution in [1.82, 2.24) is 5.32 Å². The molecule has 2 rings (SSSR count). The zero-order chi connectivity index (χ0) is 14.1. The fourth-order valence-electron chi connectivity index (χ4n) is 2.76. The van der Waals surface area contributed by atoms with E-state index in [9.17, 15) is 9.59 Å². The maximum Gasteiger partial charge on any atom is 0.319 e. The first-order valence-electron chi connectivity index (χ1n) is 6.98. The number of nitrogens with one attached hydrogen (secondary N) is 1. The van der Waals surface area contributed by atoms with Crippen LogP contribution >= 0.6 is 0 Å². The van der Waals surface area contributed by atoms with Crippen LogP contribution in [0.4, 0.5) is 0 Å². The molecular formula is C14H23NO4. The molecule has 0 aromatic carbocycles. The maximum atomic E-state index is 12.0. The van der Waals surface area contributed by atoms with Crippen LogP contribution in [0.25, 0.3) is 0 Å². The molecule has 0 bridgehead atoms. The molecule has 1 heterocycles. The number of carbonyl (C=O) groups excluding carboxylic acids is 1. The van der Waals surface area contributed by atoms with E-state index in [2.05, 4.69) is 19.2 Å². The van der Waals surface area contributed by atoms with Crippen LogP contribution in [0.5, 0.6) is 0 Å². The van der Waals surface area contributed by atoms with Crippen molar-refractivity contribution in [2.24, 2.45) is 16.7 Å². The first kappa shape index (κ1) is 14.3. The van der Waals surface area contributed by atoms with Crippen molar-refractivity contribution in [3.05, 3.63) is 0 Å². The second-order valence-electron chi connectivity index (χ2n) is 6.45. The maximum absolute atomic E-state index is 12.0. The fraction of sp³-hybridized carbons (Fsp3) is 0.857. The van der Waals surface area contributed by atoms with Gasteiger partial charge >= 0.3 is 5.97 Å². The average molecular weight is 269 g/mol. The largest absolute Gasteiger partial charge is 0.480 e. The SMILES string of the molecule is CC(C)(CNC(=O)C1(C(=O)O)CC1)C1CCOCC1. The summed E-state index contributed by atoms with van der Waals surface area (Å²) in [7, 11) is 0. The first-order chi connectivity index (χ1) is 8.88. The number of amides is 1. The van der Waals surface area contributed by atoms with Crippen molar-refractivity contribution in [3.8, 4) is 0 Å². The quantitative estimate of drug-likeness (QED) is 0.740. The minimum absolute atomic E-state index is 0.0198. The smallest absolute Gasteiger partial charge is 0.319 e. The summed E-state index contributed by atoms with van der Waals surface area (Å²) in [5.74, 6) is -0.796. The molecule has 0 aromatic heterocycles. The Morgan fingerprint density at radius 3 is 2.37 bits per heavy atom. The number of hydrogen-bond acceptors (Lipinski definition) is 3. The van der Waals surface area contributed by atoms with Gasteiger partial charge in [0.1, 0.15) is 5.41 Å². The van der Waals surface area contributed by atoms with Gasteiger partial charge in [0, 0.05) is 19.8 Å². The zero-order valence-electron chi connectivity index (χ0n) is 11.7. The highest BCUT2D eigenvalue weighted by Crippen LogP contribution is 2.46. The van der Waals surface area contributed by atoms with Crippen LogP contribution in [0, 0.1) is 16.7 Å². The van der Waals surface area contributed by atoms with Crippen molar-refractivity contribution in [1.29, 1.82) is 0 Å². The second kappa shape index (κ2) is 5.12. The molecule has 1 aliphatic carbocycles. The van der Waals surface area contributed by atoms with Crippen LogP contribution in [0.1, 0.15) is 39.5 Å². The Bertz CT molecular complexity index is 368. The Kier molecular flexibility index (Phi) is 3.85. The van der Waals surface area contributed by atoms with E-state index in [4.69, 9.17) is 9.84 Å². The van der Waals surface area contributed by atoms with Gasteiger partial charge in [0.25, 0.3) is 0 Å². The van der Waals surface area contributed by atoms with E-state index in [0.717, 1.165) is 26.1 Å². The van der Waals surface area contributed by atoms with E-state index in [1.165, 1.54) is 0 Å². The standard InChI is InChI=1S/C14H23NO4/c1-13(2,10-3-7-19-8-4-10)9-15-11(16)14(5-6-14)12(17)18/h10H,3-9H2,1-2H3,(H,15,16)(H,17,18). The molecule has 0 unspecified atom stereocenters. The van der Waals surface area contributed by atoms with Gasteiger partial charge in [-0.15, -0.1) is 0 Å². The Hall–Kier alpha value is -1.10. The number of rotatable bonds is 5. The van der Waals surface area contributed by atoms with Crippen molar-refractivity contribution in [2.45, 2.75) is 39.5 Å². The summed E-state index contributed by atoms with van der Waals surface area (Å²) in [4.78, 5) is 23.1. The average Bonchev–Trinajstić information content (AvgIpc) is 3.18. The van der Waals surface area contributed by atoms with Crippen LogP contribution in [0.15, 0.2) is 0 Å². The van der Waals surface area contributed by atoms with Crippen molar-refractivity contribution >= 4 is 11.9 Å². The van der Waals surface area contributed by atoms with Gasteiger partial charge in [0.15, 0.2) is 0 Å². The summed E-state index contributed by atoms with van der Waals surface area (Å²) in [6.07, 6.45) is 2.94. The topological polar surface area (TPSA) is 75.6 Å². The number of carboxylic acid groups (broad SMARTS) is 1. The number of ether oxygens (including phenoxy) is 1. The molecule has 108 valence electrons. The normalized spacial score (nSPS) is 22.8. The molecular weight excluding hydrogens is 246 g/mol. The Labute approximate surface area is 113 Å². The lowest BCUT2D eigenvalue weighted by atomic mass is 9.74. The van der Waals surface area contributed by atoms with Crippen LogP contribution < -0.4 is 5.32 Å². The predicted molar refractivity (Wildman–Crippen MR) is 69.6 cm³/mol. The molecule has 1 saturated carbocycles. The summed E-state index contributed by atoms with van der Waals surface area (Å²) in [5, 5.41) is 11.9. The van der Waals surface area contributed by atoms with Crippen molar-refractivity contribution < 1.29 is 19.4 Å². The predicted octanol–water partition coefficient (Wildman–Crippen LogP) is 1.42. The molecule has 2 N–H and O–H groups in total. The highest BCUT2D eigenvalue weighted by molar-refractivity contribution is 6.04. The minimum atomic E-state index is -1.13. The van der Waals surface area contributed by atoms with Gasteiger partial charge in [-0.05, 0) is 37.0 Å². The third-order valence-corrected chi connectivity index (χ3v) is 4.63. The van der Waals surface area contributed by atoms with Gasteiger partial charge < -0.3 is 15.2 Å². The molecule has 1 amide bonds. The van der Waals surface area contributed by atoms with Crippen LogP contribution in [-0.2, 0) is 14.3 Å². The molecule has 2 aliphatic rings. The zero-order valence-corrected chi connectivity index (χ0v) is 11.7. The molecule has 0 radical (unpaired) electrons. The van der Waals surface area contributed by atoms with Gasteiger partial charge in [-0.25, -0.2) is 0 Å². The third-order valence-electron chi connectivity index (χ3n) is 4.63. The van der Waals surface area contributed by atoms with E-state index >= 15 is 0 Å². The van der Waals surface area contributed by atoms with E-state index < -0.39 is 11.4 Å². The molecule has 1 aliphatic heterocycles. The molecule has 1 saturated heterocycles. The fourth-order valence-corrected chi connectivity index (χ4v) is 2.76. The summed E-state index contributed by atoms with van der Waals surface area (Å²) >= 11 is 0. The lowest BCUT2D eigenvalue weighted by Gasteiger charge is -2.37. The van der Waals surface area contributed by atoms with Crippen molar-refractivity contribution in [2.75, 3.05) is 19.8 Å². The molecule has 0 spiro atoms. The Morgan fingerprint density at radius 1 is 1.32 bits per heavy atom. The molecule has 2 fully saturated rings. The van der Waals surface area contributed by atoms with Crippen LogP contribution in [-0.4, -0.2) is 36.7 Å². The number of hydrogen-bond donors (Lipinski definition) is 2. The number of carboxylic acids is 1. The number of carbonyl (C=O) groups is 2. The van der Waals surface area contributed by atoms with Gasteiger partial charge in [-0.3, -0.25) is 9.59 Å². The highest BCUT2D eigenvalue weighted by Gasteiger charge is 2.57. The highest BCUT2D eigenvalue weighted by atomic mass is 16.5. The van der Waals surface area contributed by atoms with Gasteiger partial charge in [-0.2, -0.15) is 0 Å². The van der Waals surface area contributed by atoms with Gasteiger partial charge in [0.2, 0.25) is 5.91 Å². The first-order valence-corrected chi connectivity index (χ1v) is 6.98. The second-order valence-corrected chi connectivity index (χ2v) is 6.45. The molecule has 19 heavy (non-hydrogen) atoms. The molecule has 0 atom stereocenters. The van der Waals surface area contributed by atoms with E-state index in [-0.39, 0.29) is 11.3 Å². The molecule has 5 heteroatoms. The molecule has 0 aromatic rings. The lowest BCUT2D eigenvalue weighted by molar-refractivity contribution is -0.149. The summed E-state index contributed by atoms with van der Waals surface area (Å²) < 4.78 is 5.35. The lowest BCUT2D eigenvalue weighted by Crippen LogP contribution is -2.44. The third kappa shape index (κ3) is 2.91. The van der Waals surface area contributed by atoms with E-state index in [1.807, 2.05) is 0 Å². The summed E-state index contributed by atoms with van der Waals surface area (Å²) in [6.45, 7) is 6.35. The summed E-state index contributed by atoms with van der Waals surface area (Å²) in [5.41, 5.74) is -1.15. The van der Waals surface area contributed by atoms with Crippen LogP contribution in [0.2, 0.25) is 0 Å². The molecule has 5 nitrogen and oxygen atoms in total. The van der Waals surface area contributed by atoms with Gasteiger partial charge in [0.05, 0.1) is 0 Å². The Balaban J connectivity index is 1.87. The van der Waals surface area contributed by atoms with E-state index in [0.29, 0.717) is 25.3 Å². The minimum Gasteiger partial charge on any atom is -0.480 e. The number of aliphatic carboxylic acids is 1. The Morgan fingerprint density at radius 2 is 1.89 bits per heavy atom. The summed E-state index contributed by atoms with van der Waals surface area (Å²) in [6, 6.07) is 0. The van der Waals surface area contributed by atoms with Gasteiger partial charge in [-0.1, -0.05) is 13.8 Å².